The van der Waals surface area contributed by atoms with E-state index < -0.39 is 6.10 Å². The van der Waals surface area contributed by atoms with Crippen LogP contribution in [0.1, 0.15) is 18.4 Å². The van der Waals surface area contributed by atoms with Gasteiger partial charge in [-0.15, -0.1) is 6.42 Å². The van der Waals surface area contributed by atoms with Crippen LogP contribution in [0.3, 0.4) is 0 Å². The van der Waals surface area contributed by atoms with Gasteiger partial charge in [-0.05, 0) is 43.0 Å². The van der Waals surface area contributed by atoms with E-state index in [9.17, 15) is 5.11 Å². The maximum absolute atomic E-state index is 10.6. The first kappa shape index (κ1) is 24.3. The summed E-state index contributed by atoms with van der Waals surface area (Å²) in [5.41, 5.74) is 2.86. The van der Waals surface area contributed by atoms with Gasteiger partial charge in [-0.25, -0.2) is 4.68 Å². The number of rotatable bonds is 12. The first-order chi connectivity index (χ1) is 16.5. The molecule has 1 unspecified atom stereocenters. The lowest BCUT2D eigenvalue weighted by atomic mass is 10.1. The molecule has 1 N–H and O–H groups in total. The van der Waals surface area contributed by atoms with E-state index in [1.165, 1.54) is 12.8 Å². The molecule has 1 heterocycles. The molecule has 1 aromatic heterocycles. The van der Waals surface area contributed by atoms with E-state index in [1.54, 1.807) is 16.8 Å². The van der Waals surface area contributed by atoms with Crippen molar-refractivity contribution in [3.8, 4) is 35.2 Å². The Morgan fingerprint density at radius 3 is 2.62 bits per heavy atom. The van der Waals surface area contributed by atoms with Crippen LogP contribution >= 0.6 is 11.6 Å². The minimum Gasteiger partial charge on any atom is -0.439 e. The van der Waals surface area contributed by atoms with Gasteiger partial charge in [0.15, 0.2) is 0 Å². The predicted octanol–water partition coefficient (Wildman–Crippen LogP) is 4.76. The Morgan fingerprint density at radius 1 is 1.21 bits per heavy atom. The molecule has 0 spiro atoms. The third kappa shape index (κ3) is 6.62. The molecule has 1 fully saturated rings. The highest BCUT2D eigenvalue weighted by atomic mass is 35.5. The zero-order valence-electron chi connectivity index (χ0n) is 19.4. The molecule has 6 nitrogen and oxygen atoms in total. The minimum absolute atomic E-state index is 0.194. The van der Waals surface area contributed by atoms with Crippen molar-refractivity contribution in [3.63, 3.8) is 0 Å². The molecule has 0 bridgehead atoms. The number of aliphatic hydroxyl groups is 1. The molecule has 0 aliphatic heterocycles. The average molecular weight is 480 g/mol. The molecule has 34 heavy (non-hydrogen) atoms. The monoisotopic (exact) mass is 479 g/mol. The van der Waals surface area contributed by atoms with Crippen LogP contribution in [-0.2, 0) is 18.3 Å². The molecule has 1 atom stereocenters. The van der Waals surface area contributed by atoms with Crippen molar-refractivity contribution in [1.29, 1.82) is 0 Å². The molecule has 4 rings (SSSR count). The number of benzene rings is 2. The maximum atomic E-state index is 10.6. The number of aryl methyl sites for hydroxylation is 1. The lowest BCUT2D eigenvalue weighted by molar-refractivity contribution is 0.0250. The van der Waals surface area contributed by atoms with Crippen LogP contribution in [0.15, 0.2) is 54.6 Å². The van der Waals surface area contributed by atoms with Gasteiger partial charge in [-0.3, -0.25) is 4.90 Å². The van der Waals surface area contributed by atoms with Crippen LogP contribution in [0.5, 0.6) is 11.6 Å². The summed E-state index contributed by atoms with van der Waals surface area (Å²) in [6.07, 6.45) is 7.05. The molecule has 1 aliphatic carbocycles. The van der Waals surface area contributed by atoms with E-state index in [2.05, 4.69) is 10.8 Å². The molecule has 1 aliphatic rings. The van der Waals surface area contributed by atoms with Gasteiger partial charge in [0.1, 0.15) is 18.1 Å². The van der Waals surface area contributed by atoms with Gasteiger partial charge >= 0.3 is 0 Å². The van der Waals surface area contributed by atoms with Crippen LogP contribution in [0.2, 0.25) is 5.02 Å². The fraction of sp³-hybridized carbons (Fsp3) is 0.370. The second kappa shape index (κ2) is 11.5. The number of hydrogen-bond acceptors (Lipinski definition) is 5. The van der Waals surface area contributed by atoms with Gasteiger partial charge in [0.25, 0.3) is 0 Å². The minimum atomic E-state index is -0.635. The number of hydrogen-bond donors (Lipinski definition) is 1. The largest absolute Gasteiger partial charge is 0.439 e. The number of aliphatic hydroxyl groups excluding tert-OH is 1. The van der Waals surface area contributed by atoms with Crippen molar-refractivity contribution >= 4 is 11.6 Å². The normalized spacial score (nSPS) is 14.2. The Balaban J connectivity index is 1.63. The first-order valence-electron chi connectivity index (χ1n) is 11.5. The second-order valence-electron chi connectivity index (χ2n) is 8.69. The number of halogens is 1. The highest BCUT2D eigenvalue weighted by molar-refractivity contribution is 6.30. The molecule has 178 valence electrons. The van der Waals surface area contributed by atoms with Crippen molar-refractivity contribution in [2.75, 3.05) is 26.3 Å². The lowest BCUT2D eigenvalue weighted by Gasteiger charge is -2.25. The first-order valence-corrected chi connectivity index (χ1v) is 11.9. The summed E-state index contributed by atoms with van der Waals surface area (Å²) in [6, 6.07) is 17.4. The Bertz CT molecular complexity index is 1100. The van der Waals surface area contributed by atoms with Gasteiger partial charge in [-0.2, -0.15) is 5.10 Å². The van der Waals surface area contributed by atoms with Gasteiger partial charge in [0.2, 0.25) is 5.88 Å². The van der Waals surface area contributed by atoms with E-state index in [1.807, 2.05) is 49.5 Å². The Hall–Kier alpha value is -2.82. The summed E-state index contributed by atoms with van der Waals surface area (Å²) in [7, 11) is 1.88. The molecular weight excluding hydrogens is 450 g/mol. The molecular formula is C27H30ClN3O3. The molecule has 3 aromatic rings. The van der Waals surface area contributed by atoms with Crippen LogP contribution in [0.4, 0.5) is 0 Å². The van der Waals surface area contributed by atoms with Crippen molar-refractivity contribution in [2.24, 2.45) is 13.0 Å². The summed E-state index contributed by atoms with van der Waals surface area (Å²) in [5, 5.41) is 16.0. The molecule has 0 radical (unpaired) electrons. The fourth-order valence-electron chi connectivity index (χ4n) is 3.96. The van der Waals surface area contributed by atoms with Crippen LogP contribution in [0.25, 0.3) is 11.3 Å². The average Bonchev–Trinajstić information content (AvgIpc) is 3.60. The van der Waals surface area contributed by atoms with E-state index in [-0.39, 0.29) is 13.2 Å². The smallest absolute Gasteiger partial charge is 0.222 e. The summed E-state index contributed by atoms with van der Waals surface area (Å²) >= 11 is 6.05. The molecule has 0 saturated heterocycles. The van der Waals surface area contributed by atoms with Crippen LogP contribution in [-0.4, -0.2) is 52.2 Å². The fourth-order valence-corrected chi connectivity index (χ4v) is 4.09. The molecule has 7 heteroatoms. The van der Waals surface area contributed by atoms with Gasteiger partial charge in [-0.1, -0.05) is 47.9 Å². The SMILES string of the molecule is C#CCOCC(O)CN(Cc1c(-c2ccccc2)nn(C)c1Oc1ccc(Cl)cc1)CC1CC1. The van der Waals surface area contributed by atoms with Crippen molar-refractivity contribution in [2.45, 2.75) is 25.5 Å². The number of nitrogens with zero attached hydrogens (tertiary/aromatic N) is 3. The maximum Gasteiger partial charge on any atom is 0.222 e. The topological polar surface area (TPSA) is 59.8 Å². The van der Waals surface area contributed by atoms with Gasteiger partial charge in [0.05, 0.1) is 18.3 Å². The van der Waals surface area contributed by atoms with Crippen LogP contribution in [0, 0.1) is 18.3 Å². The van der Waals surface area contributed by atoms with Crippen LogP contribution < -0.4 is 4.74 Å². The summed E-state index contributed by atoms with van der Waals surface area (Å²) in [5.74, 6) is 4.44. The standard InChI is InChI=1S/C27H30ClN3O3/c1-3-15-33-19-23(32)17-31(16-20-9-10-20)18-25-26(21-7-5-4-6-8-21)29-30(2)27(25)34-24-13-11-22(28)12-14-24/h1,4-8,11-14,20,23,32H,9-10,15-19H2,2H3. The predicted molar refractivity (Wildman–Crippen MR) is 134 cm³/mol. The third-order valence-electron chi connectivity index (χ3n) is 5.72. The van der Waals surface area contributed by atoms with Crippen molar-refractivity contribution in [1.82, 2.24) is 14.7 Å². The Labute approximate surface area is 206 Å². The molecule has 1 saturated carbocycles. The van der Waals surface area contributed by atoms with E-state index in [0.29, 0.717) is 35.7 Å². The highest BCUT2D eigenvalue weighted by Gasteiger charge is 2.28. The summed E-state index contributed by atoms with van der Waals surface area (Å²) < 4.78 is 13.4. The number of aromatic nitrogens is 2. The van der Waals surface area contributed by atoms with E-state index in [4.69, 9.17) is 32.6 Å². The quantitative estimate of drug-likeness (QED) is 0.300. The Kier molecular flexibility index (Phi) is 8.25. The van der Waals surface area contributed by atoms with E-state index >= 15 is 0 Å². The molecule has 2 aromatic carbocycles. The van der Waals surface area contributed by atoms with Gasteiger partial charge in [0, 0.05) is 37.3 Å². The second-order valence-corrected chi connectivity index (χ2v) is 9.12. The number of terminal acetylenes is 1. The van der Waals surface area contributed by atoms with Gasteiger partial charge < -0.3 is 14.6 Å². The van der Waals surface area contributed by atoms with Crippen molar-refractivity contribution in [3.05, 3.63) is 65.2 Å². The molecule has 0 amide bonds. The van der Waals surface area contributed by atoms with E-state index in [0.717, 1.165) is 23.4 Å². The summed E-state index contributed by atoms with van der Waals surface area (Å²) in [4.78, 5) is 2.26. The Morgan fingerprint density at radius 2 is 1.94 bits per heavy atom. The zero-order chi connectivity index (χ0) is 23.9. The van der Waals surface area contributed by atoms with Crippen molar-refractivity contribution < 1.29 is 14.6 Å². The number of ether oxygens (including phenoxy) is 2. The lowest BCUT2D eigenvalue weighted by Crippen LogP contribution is -2.36. The summed E-state index contributed by atoms with van der Waals surface area (Å²) in [6.45, 7) is 2.36. The zero-order valence-corrected chi connectivity index (χ0v) is 20.1. The third-order valence-corrected chi connectivity index (χ3v) is 5.97. The highest BCUT2D eigenvalue weighted by Crippen LogP contribution is 2.36.